The van der Waals surface area contributed by atoms with Crippen LogP contribution in [0.5, 0.6) is 11.5 Å². The average Bonchev–Trinajstić information content (AvgIpc) is 3.04. The zero-order valence-corrected chi connectivity index (χ0v) is 15.2. The molecule has 3 aromatic rings. The normalized spacial score (nSPS) is 14.1. The van der Waals surface area contributed by atoms with Gasteiger partial charge >= 0.3 is 5.97 Å². The van der Waals surface area contributed by atoms with Crippen LogP contribution >= 0.6 is 0 Å². The Balaban J connectivity index is 1.48. The molecular weight excluding hydrogens is 371 g/mol. The van der Waals surface area contributed by atoms with E-state index in [9.17, 15) is 14.0 Å². The molecule has 0 spiro atoms. The first-order chi connectivity index (χ1) is 14.1. The number of carbonyl (C=O) groups is 2. The molecule has 0 bridgehead atoms. The van der Waals surface area contributed by atoms with Gasteiger partial charge in [0.2, 0.25) is 5.78 Å². The van der Waals surface area contributed by atoms with Gasteiger partial charge in [-0.1, -0.05) is 42.5 Å². The van der Waals surface area contributed by atoms with Crippen LogP contribution in [0.4, 0.5) is 4.39 Å². The van der Waals surface area contributed by atoms with Crippen molar-refractivity contribution in [3.05, 3.63) is 107 Å². The zero-order valence-electron chi connectivity index (χ0n) is 15.2. The van der Waals surface area contributed by atoms with E-state index >= 15 is 0 Å². The summed E-state index contributed by atoms with van der Waals surface area (Å²) >= 11 is 0. The van der Waals surface area contributed by atoms with E-state index in [0.717, 1.165) is 5.56 Å². The van der Waals surface area contributed by atoms with Gasteiger partial charge in [-0.15, -0.1) is 0 Å². The average molecular weight is 386 g/mol. The van der Waals surface area contributed by atoms with E-state index in [1.54, 1.807) is 24.3 Å². The molecule has 0 fully saturated rings. The van der Waals surface area contributed by atoms with E-state index in [2.05, 4.69) is 0 Å². The van der Waals surface area contributed by atoms with Gasteiger partial charge in [-0.3, -0.25) is 4.79 Å². The van der Waals surface area contributed by atoms with Crippen molar-refractivity contribution in [2.45, 2.75) is 0 Å². The van der Waals surface area contributed by atoms with Gasteiger partial charge in [-0.25, -0.2) is 9.18 Å². The molecule has 1 aliphatic rings. The number of esters is 1. The van der Waals surface area contributed by atoms with E-state index in [-0.39, 0.29) is 23.1 Å². The van der Waals surface area contributed by atoms with Gasteiger partial charge in [0.1, 0.15) is 17.3 Å². The number of rotatable bonds is 4. The molecule has 0 amide bonds. The van der Waals surface area contributed by atoms with Gasteiger partial charge in [0, 0.05) is 12.1 Å². The lowest BCUT2D eigenvalue weighted by atomic mass is 10.1. The van der Waals surface area contributed by atoms with Crippen molar-refractivity contribution < 1.29 is 23.5 Å². The minimum Gasteiger partial charge on any atom is -0.452 e. The first-order valence-corrected chi connectivity index (χ1v) is 8.87. The van der Waals surface area contributed by atoms with Crippen LogP contribution in [-0.4, -0.2) is 11.8 Å². The SMILES string of the molecule is O=C(/C=C/c1ccccc1)Oc1ccc2c(c1)O/C(=C\c1ccc(F)cc1)C2=O. The number of allylic oxidation sites excluding steroid dienone is 1. The maximum Gasteiger partial charge on any atom is 0.336 e. The molecule has 0 radical (unpaired) electrons. The fourth-order valence-corrected chi connectivity index (χ4v) is 2.82. The second kappa shape index (κ2) is 7.94. The molecular formula is C24H15FO4. The summed E-state index contributed by atoms with van der Waals surface area (Å²) in [7, 11) is 0. The summed E-state index contributed by atoms with van der Waals surface area (Å²) in [6.45, 7) is 0. The van der Waals surface area contributed by atoms with Crippen molar-refractivity contribution in [3.8, 4) is 11.5 Å². The number of ketones is 1. The van der Waals surface area contributed by atoms with Crippen LogP contribution in [0.3, 0.4) is 0 Å². The number of Topliss-reactive ketones (excluding diaryl/α,β-unsaturated/α-hetero) is 1. The number of benzene rings is 3. The molecule has 29 heavy (non-hydrogen) atoms. The van der Waals surface area contributed by atoms with E-state index < -0.39 is 5.97 Å². The maximum atomic E-state index is 13.0. The predicted molar refractivity (Wildman–Crippen MR) is 107 cm³/mol. The minimum atomic E-state index is -0.541. The summed E-state index contributed by atoms with van der Waals surface area (Å²) in [6.07, 6.45) is 4.52. The summed E-state index contributed by atoms with van der Waals surface area (Å²) in [6, 6.07) is 19.7. The summed E-state index contributed by atoms with van der Waals surface area (Å²) < 4.78 is 23.9. The highest BCUT2D eigenvalue weighted by Gasteiger charge is 2.27. The molecule has 1 heterocycles. The van der Waals surface area contributed by atoms with Gasteiger partial charge in [0.05, 0.1) is 5.56 Å². The Kier molecular flexibility index (Phi) is 5.03. The van der Waals surface area contributed by atoms with E-state index in [0.29, 0.717) is 16.9 Å². The lowest BCUT2D eigenvalue weighted by Crippen LogP contribution is -2.03. The largest absolute Gasteiger partial charge is 0.452 e. The van der Waals surface area contributed by atoms with Crippen LogP contribution in [0.25, 0.3) is 12.2 Å². The molecule has 5 heteroatoms. The van der Waals surface area contributed by atoms with Crippen molar-refractivity contribution in [2.75, 3.05) is 0 Å². The fraction of sp³-hybridized carbons (Fsp3) is 0. The van der Waals surface area contributed by atoms with Gasteiger partial charge in [-0.2, -0.15) is 0 Å². The summed E-state index contributed by atoms with van der Waals surface area (Å²) in [5, 5.41) is 0. The third kappa shape index (κ3) is 4.30. The Morgan fingerprint density at radius 2 is 1.69 bits per heavy atom. The van der Waals surface area contributed by atoms with Gasteiger partial charge in [-0.05, 0) is 47.5 Å². The van der Waals surface area contributed by atoms with Crippen molar-refractivity contribution in [1.82, 2.24) is 0 Å². The van der Waals surface area contributed by atoms with Crippen LogP contribution in [0.1, 0.15) is 21.5 Å². The first kappa shape index (κ1) is 18.4. The minimum absolute atomic E-state index is 0.124. The highest BCUT2D eigenvalue weighted by atomic mass is 19.1. The quantitative estimate of drug-likeness (QED) is 0.357. The van der Waals surface area contributed by atoms with Gasteiger partial charge in [0.25, 0.3) is 0 Å². The number of hydrogen-bond acceptors (Lipinski definition) is 4. The third-order valence-corrected chi connectivity index (χ3v) is 4.24. The predicted octanol–water partition coefficient (Wildman–Crippen LogP) is 5.06. The maximum absolute atomic E-state index is 13.0. The molecule has 0 aromatic heterocycles. The van der Waals surface area contributed by atoms with Crippen molar-refractivity contribution >= 4 is 23.9 Å². The number of fused-ring (bicyclic) bond motifs is 1. The van der Waals surface area contributed by atoms with E-state index in [1.165, 1.54) is 36.4 Å². The highest BCUT2D eigenvalue weighted by molar-refractivity contribution is 6.14. The Hall–Kier alpha value is -3.99. The Bertz CT molecular complexity index is 1130. The molecule has 1 aliphatic heterocycles. The number of carbonyl (C=O) groups excluding carboxylic acids is 2. The molecule has 0 atom stereocenters. The molecule has 4 rings (SSSR count). The molecule has 0 saturated heterocycles. The zero-order chi connectivity index (χ0) is 20.2. The smallest absolute Gasteiger partial charge is 0.336 e. The Labute approximate surface area is 166 Å². The molecule has 142 valence electrons. The molecule has 4 nitrogen and oxygen atoms in total. The number of halogens is 1. The third-order valence-electron chi connectivity index (χ3n) is 4.24. The highest BCUT2D eigenvalue weighted by Crippen LogP contribution is 2.35. The molecule has 0 saturated carbocycles. The van der Waals surface area contributed by atoms with Gasteiger partial charge in [0.15, 0.2) is 5.76 Å². The number of hydrogen-bond donors (Lipinski definition) is 0. The van der Waals surface area contributed by atoms with E-state index in [4.69, 9.17) is 9.47 Å². The topological polar surface area (TPSA) is 52.6 Å². The lowest BCUT2D eigenvalue weighted by molar-refractivity contribution is -0.128. The molecule has 3 aromatic carbocycles. The molecule has 0 unspecified atom stereocenters. The Morgan fingerprint density at radius 3 is 2.45 bits per heavy atom. The van der Waals surface area contributed by atoms with Crippen LogP contribution in [0.15, 0.2) is 84.6 Å². The van der Waals surface area contributed by atoms with Crippen LogP contribution in [-0.2, 0) is 4.79 Å². The second-order valence-electron chi connectivity index (χ2n) is 6.31. The van der Waals surface area contributed by atoms with Gasteiger partial charge < -0.3 is 9.47 Å². The monoisotopic (exact) mass is 386 g/mol. The number of ether oxygens (including phenoxy) is 2. The summed E-state index contributed by atoms with van der Waals surface area (Å²) in [5.41, 5.74) is 1.89. The fourth-order valence-electron chi connectivity index (χ4n) is 2.82. The first-order valence-electron chi connectivity index (χ1n) is 8.87. The van der Waals surface area contributed by atoms with Crippen molar-refractivity contribution in [3.63, 3.8) is 0 Å². The van der Waals surface area contributed by atoms with Crippen LogP contribution in [0.2, 0.25) is 0 Å². The molecule has 0 N–H and O–H groups in total. The lowest BCUT2D eigenvalue weighted by Gasteiger charge is -2.03. The van der Waals surface area contributed by atoms with E-state index in [1.807, 2.05) is 30.3 Å². The summed E-state index contributed by atoms with van der Waals surface area (Å²) in [4.78, 5) is 24.5. The van der Waals surface area contributed by atoms with Crippen LogP contribution < -0.4 is 9.47 Å². The van der Waals surface area contributed by atoms with Crippen molar-refractivity contribution in [2.24, 2.45) is 0 Å². The van der Waals surface area contributed by atoms with Crippen molar-refractivity contribution in [1.29, 1.82) is 0 Å². The summed E-state index contributed by atoms with van der Waals surface area (Å²) in [5.74, 6) is -0.490. The standard InChI is InChI=1S/C24H15FO4/c25-18-9-6-17(7-10-18)14-22-24(27)20-12-11-19(15-21(20)29-22)28-23(26)13-8-16-4-2-1-3-5-16/h1-15H/b13-8+,22-14-. The second-order valence-corrected chi connectivity index (χ2v) is 6.31. The molecule has 0 aliphatic carbocycles. The van der Waals surface area contributed by atoms with Crippen LogP contribution in [0, 0.1) is 5.82 Å². The Morgan fingerprint density at radius 1 is 0.931 bits per heavy atom.